The minimum absolute atomic E-state index is 0.269. The second kappa shape index (κ2) is 6.52. The predicted molar refractivity (Wildman–Crippen MR) is 93.8 cm³/mol. The lowest BCUT2D eigenvalue weighted by Crippen LogP contribution is -2.36. The van der Waals surface area contributed by atoms with E-state index in [4.69, 9.17) is 14.2 Å². The van der Waals surface area contributed by atoms with Crippen LogP contribution in [0.4, 0.5) is 0 Å². The van der Waals surface area contributed by atoms with Crippen molar-refractivity contribution >= 4 is 11.9 Å². The monoisotopic (exact) mass is 360 g/mol. The molecule has 3 rings (SSSR count). The van der Waals surface area contributed by atoms with E-state index in [1.54, 1.807) is 32.9 Å². The minimum atomic E-state index is -1.57. The van der Waals surface area contributed by atoms with Crippen LogP contribution in [0.1, 0.15) is 34.1 Å². The summed E-state index contributed by atoms with van der Waals surface area (Å²) in [7, 11) is 0. The summed E-state index contributed by atoms with van der Waals surface area (Å²) in [6, 6.07) is 0. The van der Waals surface area contributed by atoms with Crippen molar-refractivity contribution in [2.45, 2.75) is 58.2 Å². The lowest BCUT2D eigenvalue weighted by Gasteiger charge is -2.28. The van der Waals surface area contributed by atoms with Gasteiger partial charge in [-0.3, -0.25) is 0 Å². The first kappa shape index (κ1) is 18.6. The molecule has 0 radical (unpaired) electrons. The molecule has 0 spiro atoms. The van der Waals surface area contributed by atoms with Gasteiger partial charge in [0.2, 0.25) is 5.79 Å². The van der Waals surface area contributed by atoms with E-state index < -0.39 is 35.9 Å². The van der Waals surface area contributed by atoms with Crippen LogP contribution in [-0.4, -0.2) is 41.1 Å². The van der Waals surface area contributed by atoms with Crippen LogP contribution in [0, 0.1) is 5.92 Å². The first-order valence-corrected chi connectivity index (χ1v) is 8.67. The van der Waals surface area contributed by atoms with Gasteiger partial charge in [0.15, 0.2) is 0 Å². The molecule has 1 N–H and O–H groups in total. The first-order chi connectivity index (χ1) is 12.1. The van der Waals surface area contributed by atoms with Crippen LogP contribution in [0.15, 0.2) is 47.1 Å². The Hall–Kier alpha value is -2.18. The summed E-state index contributed by atoms with van der Waals surface area (Å²) in [4.78, 5) is 24.5. The Bertz CT molecular complexity index is 758. The smallest absolute Gasteiger partial charge is 0.334 e. The molecule has 3 heterocycles. The number of hydrogen-bond acceptors (Lipinski definition) is 6. The van der Waals surface area contributed by atoms with Gasteiger partial charge in [-0.05, 0) is 51.0 Å². The van der Waals surface area contributed by atoms with Crippen molar-refractivity contribution in [3.8, 4) is 0 Å². The third kappa shape index (κ3) is 3.15. The zero-order chi connectivity index (χ0) is 19.2. The fourth-order valence-corrected chi connectivity index (χ4v) is 3.70. The molecule has 0 unspecified atom stereocenters. The molecule has 3 aliphatic rings. The summed E-state index contributed by atoms with van der Waals surface area (Å²) in [5, 5.41) is 10.7. The van der Waals surface area contributed by atoms with Crippen molar-refractivity contribution in [2.24, 2.45) is 5.92 Å². The van der Waals surface area contributed by atoms with E-state index in [9.17, 15) is 14.7 Å². The lowest BCUT2D eigenvalue weighted by molar-refractivity contribution is -0.151. The van der Waals surface area contributed by atoms with E-state index in [-0.39, 0.29) is 11.7 Å². The van der Waals surface area contributed by atoms with Crippen molar-refractivity contribution in [1.82, 2.24) is 0 Å². The number of carbonyl (C=O) groups excluding carboxylic acids is 2. The van der Waals surface area contributed by atoms with E-state index in [2.05, 4.69) is 6.58 Å². The van der Waals surface area contributed by atoms with E-state index in [1.807, 2.05) is 6.92 Å². The Labute approximate surface area is 152 Å². The van der Waals surface area contributed by atoms with Gasteiger partial charge in [0.1, 0.15) is 12.2 Å². The molecule has 3 aliphatic heterocycles. The SMILES string of the molecule is C=C1C(=O)O[C@@H]2C[C@@H]3O[C@@](O)(C=C3C)/C=C(\C)[C@H](OC(=O)/C(C)=C\C)[C@@H]12. The maximum atomic E-state index is 12.4. The Morgan fingerprint density at radius 1 is 1.38 bits per heavy atom. The van der Waals surface area contributed by atoms with Crippen molar-refractivity contribution in [2.75, 3.05) is 0 Å². The zero-order valence-corrected chi connectivity index (χ0v) is 15.4. The van der Waals surface area contributed by atoms with Gasteiger partial charge in [-0.15, -0.1) is 0 Å². The molecule has 0 saturated carbocycles. The standard InChI is InChI=1S/C20H24O6/c1-6-10(2)18(21)25-17-12(4)9-20(23)8-11(3)14(26-20)7-15-16(17)13(5)19(22)24-15/h6,8-9,14-17,23H,5,7H2,1-4H3/b10-6-,12-9+/t14-,15+,16-,17-,20-/m0/s1. The highest BCUT2D eigenvalue weighted by Gasteiger charge is 2.50. The first-order valence-electron chi connectivity index (χ1n) is 8.67. The summed E-state index contributed by atoms with van der Waals surface area (Å²) < 4.78 is 17.0. The number of hydrogen-bond donors (Lipinski definition) is 1. The normalized spacial score (nSPS) is 39.0. The minimum Gasteiger partial charge on any atom is -0.458 e. The molecule has 5 atom stereocenters. The molecule has 0 amide bonds. The number of carbonyl (C=O) groups is 2. The van der Waals surface area contributed by atoms with Gasteiger partial charge >= 0.3 is 11.9 Å². The molecule has 140 valence electrons. The number of ether oxygens (including phenoxy) is 3. The third-order valence-corrected chi connectivity index (χ3v) is 5.24. The molecule has 6 heteroatoms. The van der Waals surface area contributed by atoms with Gasteiger partial charge in [-0.1, -0.05) is 12.7 Å². The summed E-state index contributed by atoms with van der Waals surface area (Å²) in [5.74, 6) is -3.07. The second-order valence-corrected chi connectivity index (χ2v) is 7.16. The molecular formula is C20H24O6. The fraction of sp³-hybridized carbons (Fsp3) is 0.500. The third-order valence-electron chi connectivity index (χ3n) is 5.24. The average Bonchev–Trinajstić information content (AvgIpc) is 3.00. The number of esters is 2. The number of allylic oxidation sites excluding steroid dienone is 1. The number of fused-ring (bicyclic) bond motifs is 3. The molecule has 0 aromatic heterocycles. The molecule has 1 saturated heterocycles. The topological polar surface area (TPSA) is 82.1 Å². The highest BCUT2D eigenvalue weighted by Crippen LogP contribution is 2.42. The van der Waals surface area contributed by atoms with Gasteiger partial charge in [0, 0.05) is 17.6 Å². The maximum absolute atomic E-state index is 12.4. The molecule has 26 heavy (non-hydrogen) atoms. The van der Waals surface area contributed by atoms with E-state index >= 15 is 0 Å². The zero-order valence-electron chi connectivity index (χ0n) is 15.4. The van der Waals surface area contributed by atoms with Crippen molar-refractivity contribution < 1.29 is 28.9 Å². The Balaban J connectivity index is 2.05. The average molecular weight is 360 g/mol. The molecule has 6 nitrogen and oxygen atoms in total. The highest BCUT2D eigenvalue weighted by atomic mass is 16.6. The molecular weight excluding hydrogens is 336 g/mol. The van der Waals surface area contributed by atoms with Crippen LogP contribution in [0.2, 0.25) is 0 Å². The van der Waals surface area contributed by atoms with Crippen LogP contribution in [-0.2, 0) is 23.8 Å². The molecule has 1 fully saturated rings. The quantitative estimate of drug-likeness (QED) is 0.462. The Kier molecular flexibility index (Phi) is 4.67. The van der Waals surface area contributed by atoms with Crippen LogP contribution in [0.5, 0.6) is 0 Å². The molecule has 0 aromatic rings. The van der Waals surface area contributed by atoms with Gasteiger partial charge < -0.3 is 19.3 Å². The van der Waals surface area contributed by atoms with Crippen molar-refractivity contribution in [3.05, 3.63) is 47.1 Å². The van der Waals surface area contributed by atoms with Crippen LogP contribution < -0.4 is 0 Å². The van der Waals surface area contributed by atoms with Crippen LogP contribution in [0.3, 0.4) is 0 Å². The number of aliphatic hydroxyl groups is 1. The maximum Gasteiger partial charge on any atom is 0.334 e. The highest BCUT2D eigenvalue weighted by molar-refractivity contribution is 5.92. The summed E-state index contributed by atoms with van der Waals surface area (Å²) in [5.41, 5.74) is 2.16. The molecule has 2 bridgehead atoms. The van der Waals surface area contributed by atoms with E-state index in [0.717, 1.165) is 5.57 Å². The second-order valence-electron chi connectivity index (χ2n) is 7.16. The summed E-state index contributed by atoms with van der Waals surface area (Å²) in [6.07, 6.45) is 3.46. The van der Waals surface area contributed by atoms with E-state index in [0.29, 0.717) is 17.6 Å². The Morgan fingerprint density at radius 3 is 2.69 bits per heavy atom. The van der Waals surface area contributed by atoms with Crippen molar-refractivity contribution in [1.29, 1.82) is 0 Å². The number of rotatable bonds is 2. The summed E-state index contributed by atoms with van der Waals surface area (Å²) >= 11 is 0. The summed E-state index contributed by atoms with van der Waals surface area (Å²) in [6.45, 7) is 10.9. The van der Waals surface area contributed by atoms with Crippen LogP contribution >= 0.6 is 0 Å². The lowest BCUT2D eigenvalue weighted by atomic mass is 9.83. The molecule has 0 aromatic carbocycles. The van der Waals surface area contributed by atoms with Gasteiger partial charge in [0.05, 0.1) is 12.0 Å². The molecule has 0 aliphatic carbocycles. The van der Waals surface area contributed by atoms with Gasteiger partial charge in [0.25, 0.3) is 0 Å². The van der Waals surface area contributed by atoms with Crippen LogP contribution in [0.25, 0.3) is 0 Å². The largest absolute Gasteiger partial charge is 0.458 e. The van der Waals surface area contributed by atoms with Crippen molar-refractivity contribution in [3.63, 3.8) is 0 Å². The fourth-order valence-electron chi connectivity index (χ4n) is 3.70. The van der Waals surface area contributed by atoms with E-state index in [1.165, 1.54) is 6.08 Å². The van der Waals surface area contributed by atoms with Gasteiger partial charge in [-0.25, -0.2) is 9.59 Å². The Morgan fingerprint density at radius 2 is 2.04 bits per heavy atom. The predicted octanol–water partition coefficient (Wildman–Crippen LogP) is 2.35. The van der Waals surface area contributed by atoms with Gasteiger partial charge in [-0.2, -0.15) is 0 Å².